The SMILES string of the molecule is N#Cc1cc(/C=C2\OC(=O)c3ccccc32)ccc1F.O=C(O)c1cc(Cc2n[nH]c(=O)c3ccccc23)ccc1F.O=Cc1ccccc1O. The van der Waals surface area contributed by atoms with Crippen molar-refractivity contribution in [3.63, 3.8) is 0 Å². The first-order valence-corrected chi connectivity index (χ1v) is 15.0. The molecule has 5 aromatic carbocycles. The second-order valence-electron chi connectivity index (χ2n) is 10.8. The summed E-state index contributed by atoms with van der Waals surface area (Å²) in [7, 11) is 0. The Morgan fingerprint density at radius 2 is 1.53 bits per heavy atom. The number of aromatic nitrogens is 2. The molecule has 1 aliphatic heterocycles. The number of benzene rings is 5. The third-order valence-corrected chi connectivity index (χ3v) is 7.50. The quantitative estimate of drug-likeness (QED) is 0.129. The Morgan fingerprint density at radius 1 is 0.863 bits per heavy atom. The Balaban J connectivity index is 0.000000161. The fraction of sp³-hybridized carbons (Fsp3) is 0.0256. The maximum Gasteiger partial charge on any atom is 0.344 e. The van der Waals surface area contributed by atoms with Crippen molar-refractivity contribution in [1.82, 2.24) is 10.2 Å². The lowest BCUT2D eigenvalue weighted by Gasteiger charge is -2.06. The van der Waals surface area contributed by atoms with Crippen LogP contribution >= 0.6 is 0 Å². The first kappa shape index (κ1) is 35.1. The van der Waals surface area contributed by atoms with Gasteiger partial charge in [0.25, 0.3) is 5.56 Å². The third kappa shape index (κ3) is 8.25. The molecular weight excluding hydrogens is 660 g/mol. The summed E-state index contributed by atoms with van der Waals surface area (Å²) in [6.45, 7) is 0. The van der Waals surface area contributed by atoms with Crippen molar-refractivity contribution in [2.75, 3.05) is 0 Å². The van der Waals surface area contributed by atoms with Gasteiger partial charge in [-0.1, -0.05) is 60.7 Å². The lowest BCUT2D eigenvalue weighted by Crippen LogP contribution is -2.11. The molecule has 10 nitrogen and oxygen atoms in total. The summed E-state index contributed by atoms with van der Waals surface area (Å²) in [6, 6.07) is 30.3. The molecule has 0 aliphatic carbocycles. The highest BCUT2D eigenvalue weighted by Gasteiger charge is 2.25. The van der Waals surface area contributed by atoms with Gasteiger partial charge in [0.05, 0.1) is 33.3 Å². The van der Waals surface area contributed by atoms with Crippen LogP contribution in [0.25, 0.3) is 22.6 Å². The minimum absolute atomic E-state index is 0.0347. The number of aromatic amines is 1. The highest BCUT2D eigenvalue weighted by molar-refractivity contribution is 6.05. The van der Waals surface area contributed by atoms with Gasteiger partial charge in [0.2, 0.25) is 0 Å². The van der Waals surface area contributed by atoms with Gasteiger partial charge in [0.15, 0.2) is 6.29 Å². The summed E-state index contributed by atoms with van der Waals surface area (Å²) in [5.74, 6) is -2.64. The fourth-order valence-electron chi connectivity index (χ4n) is 5.00. The number of aromatic carboxylic acids is 1. The molecule has 0 radical (unpaired) electrons. The predicted octanol–water partition coefficient (Wildman–Crippen LogP) is 6.92. The van der Waals surface area contributed by atoms with Gasteiger partial charge in [0.1, 0.15) is 29.2 Å². The fourth-order valence-corrected chi connectivity index (χ4v) is 5.00. The number of nitrogens with one attached hydrogen (secondary N) is 1. The molecule has 2 heterocycles. The van der Waals surface area contributed by atoms with Crippen LogP contribution < -0.4 is 5.56 Å². The molecule has 0 spiro atoms. The summed E-state index contributed by atoms with van der Waals surface area (Å²) in [5, 5.41) is 34.3. The van der Waals surface area contributed by atoms with E-state index in [9.17, 15) is 28.0 Å². The monoisotopic (exact) mass is 685 g/mol. The average Bonchev–Trinajstić information content (AvgIpc) is 3.46. The van der Waals surface area contributed by atoms with Crippen LogP contribution in [-0.2, 0) is 11.2 Å². The van der Waals surface area contributed by atoms with Gasteiger partial charge in [-0.2, -0.15) is 10.4 Å². The molecule has 252 valence electrons. The zero-order valence-electron chi connectivity index (χ0n) is 26.3. The van der Waals surface area contributed by atoms with Crippen molar-refractivity contribution in [2.24, 2.45) is 0 Å². The van der Waals surface area contributed by atoms with Crippen LogP contribution in [0.4, 0.5) is 8.78 Å². The molecule has 0 unspecified atom stereocenters. The molecule has 0 bridgehead atoms. The smallest absolute Gasteiger partial charge is 0.344 e. The number of phenolic OH excluding ortho intramolecular Hbond substituents is 1. The van der Waals surface area contributed by atoms with Gasteiger partial charge >= 0.3 is 11.9 Å². The van der Waals surface area contributed by atoms with Gasteiger partial charge in [-0.25, -0.2) is 23.5 Å². The van der Waals surface area contributed by atoms with Crippen molar-refractivity contribution in [3.05, 3.63) is 176 Å². The third-order valence-electron chi connectivity index (χ3n) is 7.50. The van der Waals surface area contributed by atoms with Crippen molar-refractivity contribution in [3.8, 4) is 11.8 Å². The molecule has 12 heteroatoms. The number of nitriles is 1. The molecule has 0 saturated carbocycles. The number of carbonyl (C=O) groups is 3. The van der Waals surface area contributed by atoms with Crippen LogP contribution in [0.5, 0.6) is 5.75 Å². The van der Waals surface area contributed by atoms with Crippen LogP contribution in [0.15, 0.2) is 114 Å². The van der Waals surface area contributed by atoms with E-state index in [0.717, 1.165) is 6.07 Å². The van der Waals surface area contributed by atoms with Crippen molar-refractivity contribution in [2.45, 2.75) is 6.42 Å². The number of H-pyrrole nitrogens is 1. The highest BCUT2D eigenvalue weighted by atomic mass is 19.1. The Kier molecular flexibility index (Phi) is 10.8. The summed E-state index contributed by atoms with van der Waals surface area (Å²) in [5.41, 5.74) is 2.61. The number of hydrogen-bond donors (Lipinski definition) is 3. The number of aldehydes is 1. The van der Waals surface area contributed by atoms with Crippen LogP contribution in [0.2, 0.25) is 0 Å². The van der Waals surface area contributed by atoms with E-state index in [1.165, 1.54) is 36.4 Å². The number of aromatic hydroxyl groups is 1. The molecule has 3 N–H and O–H groups in total. The number of carbonyl (C=O) groups excluding carboxylic acids is 2. The van der Waals surface area contributed by atoms with E-state index in [0.29, 0.717) is 56.3 Å². The number of halogens is 2. The molecule has 6 aromatic rings. The van der Waals surface area contributed by atoms with Crippen LogP contribution in [0, 0.1) is 23.0 Å². The lowest BCUT2D eigenvalue weighted by atomic mass is 10.0. The number of para-hydroxylation sites is 1. The first-order valence-electron chi connectivity index (χ1n) is 15.0. The first-order chi connectivity index (χ1) is 24.6. The summed E-state index contributed by atoms with van der Waals surface area (Å²) >= 11 is 0. The van der Waals surface area contributed by atoms with Crippen LogP contribution in [0.1, 0.15) is 59.0 Å². The Hall–Kier alpha value is -7.26. The van der Waals surface area contributed by atoms with Crippen LogP contribution in [-0.4, -0.2) is 38.6 Å². The second-order valence-corrected chi connectivity index (χ2v) is 10.8. The average molecular weight is 686 g/mol. The van der Waals surface area contributed by atoms with Gasteiger partial charge in [-0.15, -0.1) is 0 Å². The summed E-state index contributed by atoms with van der Waals surface area (Å²) in [4.78, 5) is 44.4. The molecule has 7 rings (SSSR count). The number of carboxylic acids is 1. The molecule has 0 fully saturated rings. The lowest BCUT2D eigenvalue weighted by molar-refractivity contribution is 0.0688. The normalized spacial score (nSPS) is 12.0. The number of esters is 1. The maximum atomic E-state index is 13.4. The van der Waals surface area contributed by atoms with Crippen molar-refractivity contribution >= 4 is 40.8 Å². The van der Waals surface area contributed by atoms with E-state index >= 15 is 0 Å². The Labute approximate surface area is 288 Å². The number of hydrogen-bond acceptors (Lipinski definition) is 8. The summed E-state index contributed by atoms with van der Waals surface area (Å²) < 4.78 is 31.9. The predicted molar refractivity (Wildman–Crippen MR) is 183 cm³/mol. The van der Waals surface area contributed by atoms with E-state index in [1.807, 2.05) is 0 Å². The number of rotatable bonds is 5. The van der Waals surface area contributed by atoms with Crippen LogP contribution in [0.3, 0.4) is 0 Å². The zero-order valence-corrected chi connectivity index (χ0v) is 26.3. The molecule has 1 aliphatic rings. The minimum atomic E-state index is -1.32. The number of fused-ring (bicyclic) bond motifs is 2. The maximum absolute atomic E-state index is 13.4. The molecule has 51 heavy (non-hydrogen) atoms. The Morgan fingerprint density at radius 3 is 2.22 bits per heavy atom. The number of cyclic esters (lactones) is 1. The standard InChI is InChI=1S/C16H11FN2O3.C16H8FNO2.C7H6O2/c17-13-6-5-9(7-12(13)16(21)22)8-14-10-3-1-2-4-11(10)15(20)19-18-14;17-14-6-5-10(7-11(14)9-18)8-15-12-3-1-2-4-13(12)16(19)20-15;8-5-6-3-1-2-4-7(6)9/h1-7H,8H2,(H,19,20)(H,21,22);1-8H;1-5,9H/b;15-8-;. The topological polar surface area (TPSA) is 170 Å². The minimum Gasteiger partial charge on any atom is -0.507 e. The van der Waals surface area contributed by atoms with E-state index < -0.39 is 23.6 Å². The molecule has 0 amide bonds. The van der Waals surface area contributed by atoms with Gasteiger partial charge in [0, 0.05) is 17.4 Å². The van der Waals surface area contributed by atoms with E-state index in [4.69, 9.17) is 20.2 Å². The second kappa shape index (κ2) is 15.8. The highest BCUT2D eigenvalue weighted by Crippen LogP contribution is 2.31. The number of phenols is 1. The molecular formula is C39H25F2N3O7. The van der Waals surface area contributed by atoms with Gasteiger partial charge < -0.3 is 14.9 Å². The number of carboxylic acid groups (broad SMARTS) is 1. The van der Waals surface area contributed by atoms with E-state index in [-0.39, 0.29) is 28.9 Å². The number of ether oxygens (including phenoxy) is 1. The molecule has 0 saturated heterocycles. The van der Waals surface area contributed by atoms with Gasteiger partial charge in [-0.3, -0.25) is 9.59 Å². The molecule has 1 aromatic heterocycles. The van der Waals surface area contributed by atoms with Crippen molar-refractivity contribution in [1.29, 1.82) is 5.26 Å². The van der Waals surface area contributed by atoms with E-state index in [2.05, 4.69) is 10.2 Å². The number of nitrogens with zero attached hydrogens (tertiary/aromatic N) is 2. The van der Waals surface area contributed by atoms with Gasteiger partial charge in [-0.05, 0) is 65.7 Å². The van der Waals surface area contributed by atoms with Crippen molar-refractivity contribution < 1.29 is 38.1 Å². The zero-order chi connectivity index (χ0) is 36.5. The Bertz CT molecular complexity index is 2430. The molecule has 0 atom stereocenters. The largest absolute Gasteiger partial charge is 0.507 e. The summed E-state index contributed by atoms with van der Waals surface area (Å²) in [6.07, 6.45) is 2.52. The van der Waals surface area contributed by atoms with E-state index in [1.54, 1.807) is 78.9 Å².